The molecule has 6 rings (SSSR count). The molecule has 0 spiro atoms. The van der Waals surface area contributed by atoms with Crippen molar-refractivity contribution in [3.63, 3.8) is 0 Å². The van der Waals surface area contributed by atoms with E-state index in [4.69, 9.17) is 4.98 Å². The Kier molecular flexibility index (Phi) is 3.44. The minimum absolute atomic E-state index is 0.888. The van der Waals surface area contributed by atoms with Gasteiger partial charge in [0.1, 0.15) is 5.82 Å². The molecule has 29 heavy (non-hydrogen) atoms. The van der Waals surface area contributed by atoms with E-state index in [2.05, 4.69) is 88.3 Å². The third-order valence-electron chi connectivity index (χ3n) is 5.77. The molecule has 0 bridgehead atoms. The van der Waals surface area contributed by atoms with Gasteiger partial charge in [-0.05, 0) is 42.8 Å². The van der Waals surface area contributed by atoms with Crippen LogP contribution < -0.4 is 0 Å². The van der Waals surface area contributed by atoms with Gasteiger partial charge in [-0.3, -0.25) is 0 Å². The maximum Gasteiger partial charge on any atom is 0.140 e. The number of nitrogens with zero attached hydrogens (tertiary/aromatic N) is 1. The SMILES string of the molecule is Cc1ccc2c(c1)c1cc(C)ccc1c1[nH]c(-c3c[nH]c4ccc(Br)cc34)nc21. The monoisotopic (exact) mass is 439 g/mol. The second kappa shape index (κ2) is 5.94. The highest BCUT2D eigenvalue weighted by atomic mass is 79.9. The number of H-pyrrole nitrogens is 2. The van der Waals surface area contributed by atoms with E-state index in [1.807, 2.05) is 12.3 Å². The Morgan fingerprint density at radius 1 is 0.759 bits per heavy atom. The zero-order chi connectivity index (χ0) is 19.7. The fraction of sp³-hybridized carbons (Fsp3) is 0.0800. The summed E-state index contributed by atoms with van der Waals surface area (Å²) in [7, 11) is 0. The molecule has 4 heteroatoms. The molecular weight excluding hydrogens is 422 g/mol. The van der Waals surface area contributed by atoms with Gasteiger partial charge >= 0.3 is 0 Å². The number of aromatic amines is 2. The van der Waals surface area contributed by atoms with Gasteiger partial charge < -0.3 is 9.97 Å². The smallest absolute Gasteiger partial charge is 0.140 e. The van der Waals surface area contributed by atoms with Crippen molar-refractivity contribution in [3.8, 4) is 11.4 Å². The molecule has 2 N–H and O–H groups in total. The second-order valence-corrected chi connectivity index (χ2v) is 8.72. The number of imidazole rings is 1. The van der Waals surface area contributed by atoms with Crippen LogP contribution in [0.3, 0.4) is 0 Å². The van der Waals surface area contributed by atoms with Crippen LogP contribution in [0.5, 0.6) is 0 Å². The van der Waals surface area contributed by atoms with Gasteiger partial charge in [-0.2, -0.15) is 0 Å². The van der Waals surface area contributed by atoms with Crippen LogP contribution in [0.2, 0.25) is 0 Å². The number of hydrogen-bond acceptors (Lipinski definition) is 1. The van der Waals surface area contributed by atoms with Gasteiger partial charge in [0.2, 0.25) is 0 Å². The lowest BCUT2D eigenvalue weighted by Gasteiger charge is -2.08. The van der Waals surface area contributed by atoms with Crippen molar-refractivity contribution in [2.75, 3.05) is 0 Å². The molecule has 0 unspecified atom stereocenters. The number of hydrogen-bond donors (Lipinski definition) is 2. The number of aromatic nitrogens is 3. The third kappa shape index (κ3) is 2.45. The molecule has 0 saturated heterocycles. The Balaban J connectivity index is 1.76. The molecule has 2 heterocycles. The highest BCUT2D eigenvalue weighted by molar-refractivity contribution is 9.10. The van der Waals surface area contributed by atoms with Crippen molar-refractivity contribution in [2.45, 2.75) is 13.8 Å². The van der Waals surface area contributed by atoms with Crippen molar-refractivity contribution in [1.82, 2.24) is 15.0 Å². The standard InChI is InChI=1S/C25H18BrN3/c1-13-3-6-16-18(9-13)19-10-14(2)4-7-17(19)24-23(16)28-25(29-24)21-12-27-22-8-5-15(26)11-20(21)22/h3-12,27H,1-2H3,(H,28,29). The van der Waals surface area contributed by atoms with Crippen molar-refractivity contribution < 1.29 is 0 Å². The molecule has 4 aromatic carbocycles. The summed E-state index contributed by atoms with van der Waals surface area (Å²) in [5.74, 6) is 0.888. The van der Waals surface area contributed by atoms with Crippen molar-refractivity contribution in [3.05, 3.63) is 76.4 Å². The number of benzene rings is 4. The molecule has 0 aliphatic carbocycles. The van der Waals surface area contributed by atoms with E-state index in [0.29, 0.717) is 0 Å². The van der Waals surface area contributed by atoms with E-state index >= 15 is 0 Å². The quantitative estimate of drug-likeness (QED) is 0.257. The van der Waals surface area contributed by atoms with E-state index in [1.165, 1.54) is 32.7 Å². The Labute approximate surface area is 175 Å². The van der Waals surface area contributed by atoms with Gasteiger partial charge in [0.25, 0.3) is 0 Å². The van der Waals surface area contributed by atoms with Crippen LogP contribution in [0.1, 0.15) is 11.1 Å². The Bertz CT molecular complexity index is 1510. The van der Waals surface area contributed by atoms with Crippen LogP contribution >= 0.6 is 15.9 Å². The number of halogens is 1. The Morgan fingerprint density at radius 3 is 2.28 bits per heavy atom. The topological polar surface area (TPSA) is 44.5 Å². The first kappa shape index (κ1) is 16.8. The van der Waals surface area contributed by atoms with E-state index in [0.717, 1.165) is 37.8 Å². The van der Waals surface area contributed by atoms with Crippen LogP contribution in [0.4, 0.5) is 0 Å². The predicted octanol–water partition coefficient (Wildman–Crippen LogP) is 7.40. The fourth-order valence-corrected chi connectivity index (χ4v) is 4.73. The summed E-state index contributed by atoms with van der Waals surface area (Å²) in [6.45, 7) is 4.29. The van der Waals surface area contributed by atoms with Crippen LogP contribution in [-0.2, 0) is 0 Å². The zero-order valence-corrected chi connectivity index (χ0v) is 17.7. The molecule has 0 amide bonds. The van der Waals surface area contributed by atoms with E-state index in [-0.39, 0.29) is 0 Å². The minimum atomic E-state index is 0.888. The lowest BCUT2D eigenvalue weighted by atomic mass is 9.97. The van der Waals surface area contributed by atoms with Crippen LogP contribution in [-0.4, -0.2) is 15.0 Å². The van der Waals surface area contributed by atoms with Gasteiger partial charge in [-0.15, -0.1) is 0 Å². The lowest BCUT2D eigenvalue weighted by Crippen LogP contribution is -1.84. The van der Waals surface area contributed by atoms with Crippen molar-refractivity contribution in [1.29, 1.82) is 0 Å². The summed E-state index contributed by atoms with van der Waals surface area (Å²) in [5, 5.41) is 6.08. The van der Waals surface area contributed by atoms with Gasteiger partial charge in [-0.25, -0.2) is 4.98 Å². The molecule has 0 aliphatic heterocycles. The van der Waals surface area contributed by atoms with Gasteiger partial charge in [0.15, 0.2) is 0 Å². The highest BCUT2D eigenvalue weighted by Crippen LogP contribution is 2.37. The summed E-state index contributed by atoms with van der Waals surface area (Å²) >= 11 is 3.59. The van der Waals surface area contributed by atoms with E-state index < -0.39 is 0 Å². The maximum absolute atomic E-state index is 5.07. The highest BCUT2D eigenvalue weighted by Gasteiger charge is 2.16. The van der Waals surface area contributed by atoms with Gasteiger partial charge in [0.05, 0.1) is 11.0 Å². The van der Waals surface area contributed by atoms with Gasteiger partial charge in [0, 0.05) is 37.9 Å². The van der Waals surface area contributed by atoms with E-state index in [1.54, 1.807) is 0 Å². The van der Waals surface area contributed by atoms with Crippen molar-refractivity contribution in [2.24, 2.45) is 0 Å². The molecule has 6 aromatic rings. The molecule has 140 valence electrons. The predicted molar refractivity (Wildman–Crippen MR) is 126 cm³/mol. The number of rotatable bonds is 1. The summed E-state index contributed by atoms with van der Waals surface area (Å²) in [6.07, 6.45) is 2.04. The Morgan fingerprint density at radius 2 is 1.48 bits per heavy atom. The molecule has 3 nitrogen and oxygen atoms in total. The zero-order valence-electron chi connectivity index (χ0n) is 16.1. The summed E-state index contributed by atoms with van der Waals surface area (Å²) in [5.41, 5.74) is 6.83. The third-order valence-corrected chi connectivity index (χ3v) is 6.26. The van der Waals surface area contributed by atoms with Crippen LogP contribution in [0.25, 0.3) is 54.9 Å². The molecule has 0 aliphatic rings. The molecule has 0 radical (unpaired) electrons. The molecule has 0 fully saturated rings. The summed E-state index contributed by atoms with van der Waals surface area (Å²) < 4.78 is 1.06. The van der Waals surface area contributed by atoms with Gasteiger partial charge in [-0.1, -0.05) is 63.5 Å². The number of aryl methyl sites for hydroxylation is 2. The summed E-state index contributed by atoms with van der Waals surface area (Å²) in [4.78, 5) is 12.1. The Hall–Kier alpha value is -3.11. The first-order valence-corrected chi connectivity index (χ1v) is 10.5. The van der Waals surface area contributed by atoms with Crippen molar-refractivity contribution >= 4 is 59.4 Å². The normalized spacial score (nSPS) is 12.0. The fourth-order valence-electron chi connectivity index (χ4n) is 4.37. The molecular formula is C25H18BrN3. The average molecular weight is 440 g/mol. The minimum Gasteiger partial charge on any atom is -0.360 e. The molecule has 0 saturated carbocycles. The van der Waals surface area contributed by atoms with E-state index in [9.17, 15) is 0 Å². The van der Waals surface area contributed by atoms with Crippen LogP contribution in [0.15, 0.2) is 65.3 Å². The molecule has 0 atom stereocenters. The average Bonchev–Trinajstić information content (AvgIpc) is 3.32. The first-order chi connectivity index (χ1) is 14.1. The first-order valence-electron chi connectivity index (χ1n) is 9.68. The summed E-state index contributed by atoms with van der Waals surface area (Å²) in [6, 6.07) is 19.6. The molecule has 2 aromatic heterocycles. The number of nitrogens with one attached hydrogen (secondary N) is 2. The van der Waals surface area contributed by atoms with Crippen LogP contribution in [0, 0.1) is 13.8 Å². The second-order valence-electron chi connectivity index (χ2n) is 7.80. The maximum atomic E-state index is 5.07. The largest absolute Gasteiger partial charge is 0.360 e. The number of fused-ring (bicyclic) bond motifs is 7. The lowest BCUT2D eigenvalue weighted by molar-refractivity contribution is 1.34.